The number of amides is 3. The first-order valence-corrected chi connectivity index (χ1v) is 12.0. The summed E-state index contributed by atoms with van der Waals surface area (Å²) < 4.78 is 0. The van der Waals surface area contributed by atoms with Crippen LogP contribution in [0.1, 0.15) is 16.5 Å². The molecular weight excluding hydrogens is 452 g/mol. The summed E-state index contributed by atoms with van der Waals surface area (Å²) in [4.78, 5) is 30.5. The van der Waals surface area contributed by atoms with E-state index in [9.17, 15) is 9.59 Å². The van der Waals surface area contributed by atoms with Crippen LogP contribution in [0.3, 0.4) is 0 Å². The monoisotopic (exact) mass is 474 g/mol. The van der Waals surface area contributed by atoms with Gasteiger partial charge in [-0.25, -0.2) is 9.78 Å². The van der Waals surface area contributed by atoms with Crippen molar-refractivity contribution in [1.29, 1.82) is 0 Å². The first-order valence-electron chi connectivity index (χ1n) is 10.2. The van der Waals surface area contributed by atoms with Crippen molar-refractivity contribution in [1.82, 2.24) is 4.98 Å². The highest BCUT2D eigenvalue weighted by atomic mass is 32.2. The summed E-state index contributed by atoms with van der Waals surface area (Å²) in [6, 6.07) is 26.0. The number of hydrogen-bond acceptors (Lipinski definition) is 5. The predicted molar refractivity (Wildman–Crippen MR) is 136 cm³/mol. The maximum Gasteiger partial charge on any atom is 0.323 e. The Morgan fingerprint density at radius 3 is 2.03 bits per heavy atom. The normalized spacial score (nSPS) is 11.4. The average Bonchev–Trinajstić information content (AvgIpc) is 3.24. The summed E-state index contributed by atoms with van der Waals surface area (Å²) in [5.74, 6) is -0.134. The molecule has 0 saturated heterocycles. The van der Waals surface area contributed by atoms with Crippen molar-refractivity contribution >= 4 is 51.5 Å². The van der Waals surface area contributed by atoms with Gasteiger partial charge in [0.05, 0.1) is 5.69 Å². The molecule has 1 aromatic heterocycles. The molecule has 166 valence electrons. The van der Waals surface area contributed by atoms with E-state index in [-0.39, 0.29) is 11.9 Å². The first kappa shape index (κ1) is 22.6. The molecule has 0 aliphatic heterocycles. The van der Waals surface area contributed by atoms with Gasteiger partial charge in [-0.05, 0) is 48.9 Å². The van der Waals surface area contributed by atoms with Gasteiger partial charge in [0.1, 0.15) is 5.25 Å². The molecule has 8 heteroatoms. The minimum Gasteiger partial charge on any atom is -0.308 e. The smallest absolute Gasteiger partial charge is 0.308 e. The SMILES string of the molecule is Cc1csc(NC(=O)C(Sc2ccc(NC(=O)Nc3ccccc3)cc2)c2ccccc2)n1. The summed E-state index contributed by atoms with van der Waals surface area (Å²) in [5, 5.41) is 10.6. The Bertz CT molecular complexity index is 1210. The molecule has 33 heavy (non-hydrogen) atoms. The maximum absolute atomic E-state index is 13.1. The van der Waals surface area contributed by atoms with E-state index in [2.05, 4.69) is 20.9 Å². The Morgan fingerprint density at radius 2 is 1.42 bits per heavy atom. The summed E-state index contributed by atoms with van der Waals surface area (Å²) >= 11 is 2.85. The van der Waals surface area contributed by atoms with Gasteiger partial charge in [0.15, 0.2) is 5.13 Å². The number of para-hydroxylation sites is 1. The molecule has 1 unspecified atom stereocenters. The third-order valence-corrected chi connectivity index (χ3v) is 6.73. The minimum atomic E-state index is -0.449. The molecule has 0 aliphatic rings. The van der Waals surface area contributed by atoms with Crippen molar-refractivity contribution in [3.8, 4) is 0 Å². The number of anilines is 3. The summed E-state index contributed by atoms with van der Waals surface area (Å²) in [5.41, 5.74) is 3.15. The summed E-state index contributed by atoms with van der Waals surface area (Å²) in [6.45, 7) is 1.89. The molecule has 0 aliphatic carbocycles. The Labute approximate surface area is 200 Å². The largest absolute Gasteiger partial charge is 0.323 e. The third-order valence-electron chi connectivity index (χ3n) is 4.59. The van der Waals surface area contributed by atoms with Gasteiger partial charge in [0.25, 0.3) is 0 Å². The van der Waals surface area contributed by atoms with Crippen molar-refractivity contribution in [2.45, 2.75) is 17.1 Å². The molecule has 0 radical (unpaired) electrons. The zero-order valence-corrected chi connectivity index (χ0v) is 19.5. The maximum atomic E-state index is 13.1. The lowest BCUT2D eigenvalue weighted by molar-refractivity contribution is -0.115. The Morgan fingerprint density at radius 1 is 0.818 bits per heavy atom. The van der Waals surface area contributed by atoms with Crippen LogP contribution in [-0.2, 0) is 4.79 Å². The predicted octanol–water partition coefficient (Wildman–Crippen LogP) is 6.57. The van der Waals surface area contributed by atoms with Crippen LogP contribution < -0.4 is 16.0 Å². The second-order valence-corrected chi connectivity index (χ2v) is 9.20. The lowest BCUT2D eigenvalue weighted by atomic mass is 10.1. The first-order chi connectivity index (χ1) is 16.1. The fraction of sp³-hybridized carbons (Fsp3) is 0.0800. The number of rotatable bonds is 7. The van der Waals surface area contributed by atoms with Crippen molar-refractivity contribution in [2.75, 3.05) is 16.0 Å². The molecule has 0 bridgehead atoms. The Balaban J connectivity index is 1.43. The highest BCUT2D eigenvalue weighted by molar-refractivity contribution is 8.00. The van der Waals surface area contributed by atoms with Crippen LogP contribution in [0.2, 0.25) is 0 Å². The molecule has 1 heterocycles. The van der Waals surface area contributed by atoms with Crippen LogP contribution in [0.5, 0.6) is 0 Å². The number of carbonyl (C=O) groups excluding carboxylic acids is 2. The standard InChI is InChI=1S/C25H22N4O2S2/c1-17-16-32-25(26-17)29-23(30)22(18-8-4-2-5-9-18)33-21-14-12-20(13-15-21)28-24(31)27-19-10-6-3-7-11-19/h2-16,22H,1H3,(H,26,29,30)(H2,27,28,31). The van der Waals surface area contributed by atoms with Crippen molar-refractivity contribution in [3.63, 3.8) is 0 Å². The second kappa shape index (κ2) is 10.8. The van der Waals surface area contributed by atoms with E-state index in [0.717, 1.165) is 16.2 Å². The highest BCUT2D eigenvalue weighted by Gasteiger charge is 2.23. The van der Waals surface area contributed by atoms with Crippen LogP contribution >= 0.6 is 23.1 Å². The van der Waals surface area contributed by atoms with E-state index < -0.39 is 5.25 Å². The molecule has 4 aromatic rings. The number of thioether (sulfide) groups is 1. The van der Waals surface area contributed by atoms with Gasteiger partial charge in [0.2, 0.25) is 5.91 Å². The Hall–Kier alpha value is -3.62. The van der Waals surface area contributed by atoms with Crippen molar-refractivity contribution < 1.29 is 9.59 Å². The van der Waals surface area contributed by atoms with Gasteiger partial charge in [-0.3, -0.25) is 4.79 Å². The van der Waals surface area contributed by atoms with E-state index in [1.165, 1.54) is 23.1 Å². The Kier molecular flexibility index (Phi) is 7.39. The molecule has 0 spiro atoms. The van der Waals surface area contributed by atoms with E-state index in [4.69, 9.17) is 0 Å². The topological polar surface area (TPSA) is 83.1 Å². The number of nitrogens with zero attached hydrogens (tertiary/aromatic N) is 1. The number of aryl methyl sites for hydroxylation is 1. The van der Waals surface area contributed by atoms with E-state index in [1.54, 1.807) is 0 Å². The van der Waals surface area contributed by atoms with Crippen molar-refractivity contribution in [3.05, 3.63) is 102 Å². The average molecular weight is 475 g/mol. The van der Waals surface area contributed by atoms with Crippen molar-refractivity contribution in [2.24, 2.45) is 0 Å². The zero-order valence-electron chi connectivity index (χ0n) is 17.8. The minimum absolute atomic E-state index is 0.134. The van der Waals surface area contributed by atoms with Gasteiger partial charge >= 0.3 is 6.03 Å². The molecule has 4 rings (SSSR count). The molecule has 1 atom stereocenters. The summed E-state index contributed by atoms with van der Waals surface area (Å²) in [7, 11) is 0. The quantitative estimate of drug-likeness (QED) is 0.265. The molecule has 3 N–H and O–H groups in total. The number of nitrogens with one attached hydrogen (secondary N) is 3. The molecule has 0 fully saturated rings. The summed E-state index contributed by atoms with van der Waals surface area (Å²) in [6.07, 6.45) is 0. The number of carbonyl (C=O) groups is 2. The van der Waals surface area contributed by atoms with Crippen LogP contribution in [0.25, 0.3) is 0 Å². The lowest BCUT2D eigenvalue weighted by Crippen LogP contribution is -2.19. The zero-order chi connectivity index (χ0) is 23.0. The highest BCUT2D eigenvalue weighted by Crippen LogP contribution is 2.37. The van der Waals surface area contributed by atoms with Gasteiger partial charge in [0, 0.05) is 21.7 Å². The fourth-order valence-electron chi connectivity index (χ4n) is 3.05. The van der Waals surface area contributed by atoms with Gasteiger partial charge < -0.3 is 16.0 Å². The van der Waals surface area contributed by atoms with Crippen LogP contribution in [-0.4, -0.2) is 16.9 Å². The fourth-order valence-corrected chi connectivity index (χ4v) is 4.77. The molecular formula is C25H22N4O2S2. The van der Waals surface area contributed by atoms with Crippen LogP contribution in [0.4, 0.5) is 21.3 Å². The molecule has 3 aromatic carbocycles. The van der Waals surface area contributed by atoms with E-state index in [1.807, 2.05) is 97.2 Å². The third kappa shape index (κ3) is 6.44. The van der Waals surface area contributed by atoms with Gasteiger partial charge in [-0.1, -0.05) is 48.5 Å². The van der Waals surface area contributed by atoms with E-state index in [0.29, 0.717) is 16.5 Å². The number of aromatic nitrogens is 1. The number of benzene rings is 3. The molecule has 6 nitrogen and oxygen atoms in total. The van der Waals surface area contributed by atoms with Gasteiger partial charge in [-0.2, -0.15) is 0 Å². The van der Waals surface area contributed by atoms with Crippen LogP contribution in [0.15, 0.2) is 95.2 Å². The number of urea groups is 1. The number of hydrogen-bond donors (Lipinski definition) is 3. The molecule has 0 saturated carbocycles. The van der Waals surface area contributed by atoms with E-state index >= 15 is 0 Å². The van der Waals surface area contributed by atoms with Crippen LogP contribution in [0, 0.1) is 6.92 Å². The molecule has 3 amide bonds. The second-order valence-electron chi connectivity index (χ2n) is 7.16. The lowest BCUT2D eigenvalue weighted by Gasteiger charge is -2.16. The number of thiazole rings is 1. The van der Waals surface area contributed by atoms with Gasteiger partial charge in [-0.15, -0.1) is 23.1 Å².